The molecule has 0 unspecified atom stereocenters. The van der Waals surface area contributed by atoms with Crippen molar-refractivity contribution in [1.82, 2.24) is 20.1 Å². The highest BCUT2D eigenvalue weighted by molar-refractivity contribution is 7.99. The van der Waals surface area contributed by atoms with Gasteiger partial charge in [0.1, 0.15) is 5.82 Å². The first-order chi connectivity index (χ1) is 13.5. The summed E-state index contributed by atoms with van der Waals surface area (Å²) in [5.41, 5.74) is 1.86. The van der Waals surface area contributed by atoms with Crippen molar-refractivity contribution in [2.24, 2.45) is 0 Å². The number of hydrogen-bond acceptors (Lipinski definition) is 5. The average molecular weight is 402 g/mol. The molecule has 3 rings (SSSR count). The Morgan fingerprint density at radius 2 is 2.00 bits per heavy atom. The van der Waals surface area contributed by atoms with Gasteiger partial charge in [0.15, 0.2) is 5.16 Å². The standard InChI is InChI=1S/C20H27N5O2S/c1-3-25-17(12-18(26)22-16-10-6-7-14(2)11-16)23-24-20(25)28-13-19(27)21-15-8-4-5-9-15/h6-7,10-11,15H,3-5,8-9,12-13H2,1-2H3,(H,21,27)(H,22,26). The molecule has 0 radical (unpaired) electrons. The number of hydrogen-bond donors (Lipinski definition) is 2. The van der Waals surface area contributed by atoms with Gasteiger partial charge in [-0.25, -0.2) is 0 Å². The van der Waals surface area contributed by atoms with Crippen molar-refractivity contribution in [2.75, 3.05) is 11.1 Å². The van der Waals surface area contributed by atoms with Crippen LogP contribution in [-0.2, 0) is 22.6 Å². The van der Waals surface area contributed by atoms with Crippen LogP contribution >= 0.6 is 11.8 Å². The Kier molecular flexibility index (Phi) is 7.08. The molecule has 0 spiro atoms. The van der Waals surface area contributed by atoms with Crippen LogP contribution in [0, 0.1) is 6.92 Å². The van der Waals surface area contributed by atoms with Gasteiger partial charge < -0.3 is 15.2 Å². The monoisotopic (exact) mass is 401 g/mol. The first-order valence-corrected chi connectivity index (χ1v) is 10.7. The normalized spacial score (nSPS) is 14.2. The van der Waals surface area contributed by atoms with Gasteiger partial charge in [0.25, 0.3) is 0 Å². The summed E-state index contributed by atoms with van der Waals surface area (Å²) in [6.07, 6.45) is 4.67. The SMILES string of the molecule is CCn1c(CC(=O)Nc2cccc(C)c2)nnc1SCC(=O)NC1CCCC1. The van der Waals surface area contributed by atoms with Gasteiger partial charge in [-0.3, -0.25) is 9.59 Å². The zero-order valence-electron chi connectivity index (χ0n) is 16.4. The highest BCUT2D eigenvalue weighted by Gasteiger charge is 2.19. The molecular weight excluding hydrogens is 374 g/mol. The van der Waals surface area contributed by atoms with Crippen LogP contribution < -0.4 is 10.6 Å². The summed E-state index contributed by atoms with van der Waals surface area (Å²) in [5, 5.41) is 15.0. The molecule has 1 aliphatic rings. The van der Waals surface area contributed by atoms with Crippen LogP contribution in [0.3, 0.4) is 0 Å². The van der Waals surface area contributed by atoms with Crippen LogP contribution in [0.4, 0.5) is 5.69 Å². The van der Waals surface area contributed by atoms with Crippen molar-refractivity contribution >= 4 is 29.3 Å². The maximum atomic E-state index is 12.4. The van der Waals surface area contributed by atoms with Gasteiger partial charge in [-0.1, -0.05) is 36.7 Å². The van der Waals surface area contributed by atoms with E-state index in [-0.39, 0.29) is 18.2 Å². The highest BCUT2D eigenvalue weighted by atomic mass is 32.2. The number of aromatic nitrogens is 3. The van der Waals surface area contributed by atoms with E-state index in [2.05, 4.69) is 20.8 Å². The first-order valence-electron chi connectivity index (χ1n) is 9.76. The third-order valence-electron chi connectivity index (χ3n) is 4.78. The zero-order valence-corrected chi connectivity index (χ0v) is 17.2. The van der Waals surface area contributed by atoms with E-state index in [0.29, 0.717) is 29.3 Å². The Labute approximate surface area is 169 Å². The maximum Gasteiger partial charge on any atom is 0.232 e. The number of anilines is 1. The predicted molar refractivity (Wildman–Crippen MR) is 110 cm³/mol. The van der Waals surface area contributed by atoms with Crippen LogP contribution in [-0.4, -0.2) is 38.4 Å². The van der Waals surface area contributed by atoms with Crippen LogP contribution in [0.2, 0.25) is 0 Å². The molecule has 1 aromatic heterocycles. The Bertz CT molecular complexity index is 830. The lowest BCUT2D eigenvalue weighted by molar-refractivity contribution is -0.119. The number of carbonyl (C=O) groups excluding carboxylic acids is 2. The summed E-state index contributed by atoms with van der Waals surface area (Å²) in [4.78, 5) is 24.5. The number of nitrogens with one attached hydrogen (secondary N) is 2. The third-order valence-corrected chi connectivity index (χ3v) is 5.75. The van der Waals surface area contributed by atoms with Gasteiger partial charge in [-0.05, 0) is 44.4 Å². The van der Waals surface area contributed by atoms with Gasteiger partial charge in [-0.2, -0.15) is 0 Å². The molecule has 1 saturated carbocycles. The van der Waals surface area contributed by atoms with Crippen LogP contribution in [0.5, 0.6) is 0 Å². The number of amides is 2. The topological polar surface area (TPSA) is 88.9 Å². The molecule has 1 aromatic carbocycles. The quantitative estimate of drug-likeness (QED) is 0.664. The smallest absolute Gasteiger partial charge is 0.232 e. The molecule has 8 heteroatoms. The Balaban J connectivity index is 1.55. The second-order valence-corrected chi connectivity index (χ2v) is 8.02. The molecule has 1 aliphatic carbocycles. The first kappa shape index (κ1) is 20.4. The summed E-state index contributed by atoms with van der Waals surface area (Å²) in [6.45, 7) is 4.61. The lowest BCUT2D eigenvalue weighted by Gasteiger charge is -2.12. The summed E-state index contributed by atoms with van der Waals surface area (Å²) < 4.78 is 1.89. The molecule has 150 valence electrons. The summed E-state index contributed by atoms with van der Waals surface area (Å²) in [7, 11) is 0. The van der Waals surface area contributed by atoms with E-state index in [4.69, 9.17) is 0 Å². The minimum Gasteiger partial charge on any atom is -0.353 e. The zero-order chi connectivity index (χ0) is 19.9. The molecule has 7 nitrogen and oxygen atoms in total. The van der Waals surface area contributed by atoms with Crippen molar-refractivity contribution < 1.29 is 9.59 Å². The van der Waals surface area contributed by atoms with E-state index in [1.165, 1.54) is 24.6 Å². The molecule has 2 amide bonds. The fraction of sp³-hybridized carbons (Fsp3) is 0.500. The fourth-order valence-corrected chi connectivity index (χ4v) is 4.25. The van der Waals surface area contributed by atoms with Crippen molar-refractivity contribution in [3.63, 3.8) is 0 Å². The lowest BCUT2D eigenvalue weighted by atomic mass is 10.2. The molecule has 0 atom stereocenters. The van der Waals surface area contributed by atoms with Crippen molar-refractivity contribution in [1.29, 1.82) is 0 Å². The number of benzene rings is 1. The van der Waals surface area contributed by atoms with E-state index in [1.807, 2.05) is 42.7 Å². The van der Waals surface area contributed by atoms with Gasteiger partial charge in [-0.15, -0.1) is 10.2 Å². The van der Waals surface area contributed by atoms with E-state index in [9.17, 15) is 9.59 Å². The predicted octanol–water partition coefficient (Wildman–Crippen LogP) is 2.94. The minimum absolute atomic E-state index is 0.0290. The van der Waals surface area contributed by atoms with E-state index < -0.39 is 0 Å². The molecule has 1 fully saturated rings. The molecule has 0 aliphatic heterocycles. The average Bonchev–Trinajstić information content (AvgIpc) is 3.29. The van der Waals surface area contributed by atoms with Gasteiger partial charge >= 0.3 is 0 Å². The lowest BCUT2D eigenvalue weighted by Crippen LogP contribution is -2.33. The summed E-state index contributed by atoms with van der Waals surface area (Å²) in [6, 6.07) is 7.99. The second kappa shape index (κ2) is 9.73. The molecular formula is C20H27N5O2S. The van der Waals surface area contributed by atoms with Crippen LogP contribution in [0.25, 0.3) is 0 Å². The largest absolute Gasteiger partial charge is 0.353 e. The maximum absolute atomic E-state index is 12.4. The van der Waals surface area contributed by atoms with E-state index in [1.54, 1.807) is 0 Å². The number of aryl methyl sites for hydroxylation is 1. The molecule has 0 bridgehead atoms. The van der Waals surface area contributed by atoms with Crippen LogP contribution in [0.15, 0.2) is 29.4 Å². The van der Waals surface area contributed by atoms with Gasteiger partial charge in [0, 0.05) is 18.3 Å². The highest BCUT2D eigenvalue weighted by Crippen LogP contribution is 2.20. The Hall–Kier alpha value is -2.35. The minimum atomic E-state index is -0.136. The fourth-order valence-electron chi connectivity index (χ4n) is 3.42. The molecule has 1 heterocycles. The molecule has 2 N–H and O–H groups in total. The van der Waals surface area contributed by atoms with E-state index >= 15 is 0 Å². The number of thioether (sulfide) groups is 1. The Morgan fingerprint density at radius 3 is 2.71 bits per heavy atom. The number of nitrogens with zero attached hydrogens (tertiary/aromatic N) is 3. The van der Waals surface area contributed by atoms with Crippen molar-refractivity contribution in [3.8, 4) is 0 Å². The Morgan fingerprint density at radius 1 is 1.21 bits per heavy atom. The van der Waals surface area contributed by atoms with Gasteiger partial charge in [0.2, 0.25) is 11.8 Å². The van der Waals surface area contributed by atoms with Crippen molar-refractivity contribution in [2.45, 2.75) is 63.7 Å². The number of rotatable bonds is 8. The number of carbonyl (C=O) groups is 2. The summed E-state index contributed by atoms with van der Waals surface area (Å²) in [5.74, 6) is 0.806. The van der Waals surface area contributed by atoms with E-state index in [0.717, 1.165) is 24.1 Å². The molecule has 28 heavy (non-hydrogen) atoms. The summed E-state index contributed by atoms with van der Waals surface area (Å²) >= 11 is 1.36. The third kappa shape index (κ3) is 5.58. The van der Waals surface area contributed by atoms with Gasteiger partial charge in [0.05, 0.1) is 12.2 Å². The molecule has 2 aromatic rings. The second-order valence-electron chi connectivity index (χ2n) is 7.08. The molecule has 0 saturated heterocycles. The van der Waals surface area contributed by atoms with Crippen LogP contribution in [0.1, 0.15) is 44.0 Å². The van der Waals surface area contributed by atoms with Crippen molar-refractivity contribution in [3.05, 3.63) is 35.7 Å².